The fourth-order valence-corrected chi connectivity index (χ4v) is 2.38. The van der Waals surface area contributed by atoms with Crippen molar-refractivity contribution in [2.45, 2.75) is 13.8 Å². The zero-order valence-corrected chi connectivity index (χ0v) is 9.71. The van der Waals surface area contributed by atoms with Crippen molar-refractivity contribution in [3.05, 3.63) is 34.6 Å². The lowest BCUT2D eigenvalue weighted by Crippen LogP contribution is -1.94. The summed E-state index contributed by atoms with van der Waals surface area (Å²) in [6.45, 7) is 3.66. The Morgan fingerprint density at radius 3 is 2.75 bits per heavy atom. The van der Waals surface area contributed by atoms with Gasteiger partial charge in [-0.2, -0.15) is 0 Å². The van der Waals surface area contributed by atoms with E-state index in [0.717, 1.165) is 11.1 Å². The van der Waals surface area contributed by atoms with Gasteiger partial charge in [-0.05, 0) is 25.5 Å². The minimum Gasteiger partial charge on any atom is -0.477 e. The lowest BCUT2D eigenvalue weighted by Gasteiger charge is -1.98. The molecule has 0 fully saturated rings. The van der Waals surface area contributed by atoms with Crippen LogP contribution in [0.5, 0.6) is 0 Å². The largest absolute Gasteiger partial charge is 0.477 e. The number of aromatic carboxylic acids is 1. The topological polar surface area (TPSA) is 63.1 Å². The van der Waals surface area contributed by atoms with E-state index in [1.165, 1.54) is 11.3 Å². The van der Waals surface area contributed by atoms with Gasteiger partial charge in [0.15, 0.2) is 0 Å². The van der Waals surface area contributed by atoms with Gasteiger partial charge in [0.1, 0.15) is 9.88 Å². The van der Waals surface area contributed by atoms with Gasteiger partial charge in [-0.3, -0.25) is 4.98 Å². The second kappa shape index (κ2) is 4.02. The molecule has 5 heteroatoms. The smallest absolute Gasteiger partial charge is 0.347 e. The summed E-state index contributed by atoms with van der Waals surface area (Å²) in [5.41, 5.74) is 2.49. The van der Waals surface area contributed by atoms with Crippen molar-refractivity contribution in [3.63, 3.8) is 0 Å². The highest BCUT2D eigenvalue weighted by Crippen LogP contribution is 2.29. The van der Waals surface area contributed by atoms with Crippen molar-refractivity contribution >= 4 is 17.3 Å². The molecule has 2 aromatic heterocycles. The highest BCUT2D eigenvalue weighted by molar-refractivity contribution is 7.17. The average Bonchev–Trinajstić information content (AvgIpc) is 2.61. The minimum atomic E-state index is -0.928. The van der Waals surface area contributed by atoms with Crippen LogP contribution in [0.1, 0.15) is 20.9 Å². The predicted molar refractivity (Wildman–Crippen MR) is 61.8 cm³/mol. The summed E-state index contributed by atoms with van der Waals surface area (Å²) in [5, 5.41) is 9.66. The van der Waals surface area contributed by atoms with E-state index in [-0.39, 0.29) is 0 Å². The number of rotatable bonds is 2. The molecule has 82 valence electrons. The molecule has 16 heavy (non-hydrogen) atoms. The van der Waals surface area contributed by atoms with Crippen LogP contribution >= 0.6 is 11.3 Å². The number of hydrogen-bond donors (Lipinski definition) is 1. The van der Waals surface area contributed by atoms with E-state index in [9.17, 15) is 4.79 Å². The van der Waals surface area contributed by atoms with Crippen LogP contribution in [0.15, 0.2) is 18.5 Å². The van der Waals surface area contributed by atoms with E-state index in [4.69, 9.17) is 5.11 Å². The summed E-state index contributed by atoms with van der Waals surface area (Å²) in [5.74, 6) is -0.928. The molecule has 0 aromatic carbocycles. The Labute approximate surface area is 96.6 Å². The Kier molecular flexibility index (Phi) is 2.70. The van der Waals surface area contributed by atoms with Gasteiger partial charge in [0.25, 0.3) is 0 Å². The van der Waals surface area contributed by atoms with E-state index in [1.54, 1.807) is 19.3 Å². The molecule has 1 N–H and O–H groups in total. The lowest BCUT2D eigenvalue weighted by molar-refractivity contribution is 0.0701. The van der Waals surface area contributed by atoms with E-state index in [0.29, 0.717) is 15.6 Å². The second-order valence-electron chi connectivity index (χ2n) is 3.43. The molecule has 2 heterocycles. The fourth-order valence-electron chi connectivity index (χ4n) is 1.40. The van der Waals surface area contributed by atoms with Crippen molar-refractivity contribution < 1.29 is 9.90 Å². The Morgan fingerprint density at radius 2 is 2.19 bits per heavy atom. The molecule has 0 aliphatic carbocycles. The van der Waals surface area contributed by atoms with Gasteiger partial charge < -0.3 is 5.11 Å². The van der Waals surface area contributed by atoms with Crippen LogP contribution in [-0.2, 0) is 0 Å². The van der Waals surface area contributed by atoms with Crippen LogP contribution in [0.25, 0.3) is 10.6 Å². The van der Waals surface area contributed by atoms with E-state index in [1.807, 2.05) is 13.0 Å². The monoisotopic (exact) mass is 234 g/mol. The van der Waals surface area contributed by atoms with E-state index >= 15 is 0 Å². The summed E-state index contributed by atoms with van der Waals surface area (Å²) in [4.78, 5) is 19.5. The van der Waals surface area contributed by atoms with Gasteiger partial charge >= 0.3 is 5.97 Å². The van der Waals surface area contributed by atoms with E-state index in [2.05, 4.69) is 9.97 Å². The third kappa shape index (κ3) is 1.81. The molecule has 0 bridgehead atoms. The third-order valence-electron chi connectivity index (χ3n) is 2.26. The molecule has 0 aliphatic rings. The SMILES string of the molecule is Cc1ccncc1-c1nc(C)c(C(=O)O)s1. The van der Waals surface area contributed by atoms with Crippen molar-refractivity contribution in [1.82, 2.24) is 9.97 Å². The molecular weight excluding hydrogens is 224 g/mol. The highest BCUT2D eigenvalue weighted by Gasteiger charge is 2.15. The Balaban J connectivity index is 2.54. The number of carbonyl (C=O) groups is 1. The number of hydrogen-bond acceptors (Lipinski definition) is 4. The Hall–Kier alpha value is -1.75. The first kappa shape index (κ1) is 10.8. The zero-order valence-electron chi connectivity index (χ0n) is 8.89. The van der Waals surface area contributed by atoms with Crippen LogP contribution in [0.4, 0.5) is 0 Å². The summed E-state index contributed by atoms with van der Waals surface area (Å²) >= 11 is 1.18. The normalized spacial score (nSPS) is 10.4. The first-order valence-electron chi connectivity index (χ1n) is 4.71. The molecule has 0 spiro atoms. The van der Waals surface area contributed by atoms with Crippen LogP contribution in [0.2, 0.25) is 0 Å². The van der Waals surface area contributed by atoms with Crippen LogP contribution in [0.3, 0.4) is 0 Å². The zero-order chi connectivity index (χ0) is 11.7. The molecule has 0 radical (unpaired) electrons. The third-order valence-corrected chi connectivity index (χ3v) is 3.44. The average molecular weight is 234 g/mol. The van der Waals surface area contributed by atoms with Crippen molar-refractivity contribution in [3.8, 4) is 10.6 Å². The maximum absolute atomic E-state index is 10.9. The molecule has 2 rings (SSSR count). The number of aromatic nitrogens is 2. The number of carboxylic acid groups (broad SMARTS) is 1. The number of nitrogens with zero attached hydrogens (tertiary/aromatic N) is 2. The van der Waals surface area contributed by atoms with Gasteiger partial charge in [-0.1, -0.05) is 0 Å². The molecule has 0 saturated carbocycles. The molecule has 0 amide bonds. The first-order valence-corrected chi connectivity index (χ1v) is 5.53. The maximum atomic E-state index is 10.9. The van der Waals surface area contributed by atoms with Crippen LogP contribution < -0.4 is 0 Å². The standard InChI is InChI=1S/C11H10N2O2S/c1-6-3-4-12-5-8(6)10-13-7(2)9(16-10)11(14)15/h3-5H,1-2H3,(H,14,15). The minimum absolute atomic E-state index is 0.290. The second-order valence-corrected chi connectivity index (χ2v) is 4.43. The number of carboxylic acids is 1. The number of pyridine rings is 1. The predicted octanol–water partition coefficient (Wildman–Crippen LogP) is 2.52. The van der Waals surface area contributed by atoms with Gasteiger partial charge in [0.05, 0.1) is 5.69 Å². The Morgan fingerprint density at radius 1 is 1.44 bits per heavy atom. The quantitative estimate of drug-likeness (QED) is 0.867. The van der Waals surface area contributed by atoms with E-state index < -0.39 is 5.97 Å². The summed E-state index contributed by atoms with van der Waals surface area (Å²) < 4.78 is 0. The summed E-state index contributed by atoms with van der Waals surface area (Å²) in [7, 11) is 0. The van der Waals surface area contributed by atoms with Crippen LogP contribution in [0, 0.1) is 13.8 Å². The lowest BCUT2D eigenvalue weighted by atomic mass is 10.2. The Bertz CT molecular complexity index is 549. The molecular formula is C11H10N2O2S. The highest BCUT2D eigenvalue weighted by atomic mass is 32.1. The molecule has 0 aliphatic heterocycles. The van der Waals surface area contributed by atoms with Crippen molar-refractivity contribution in [1.29, 1.82) is 0 Å². The van der Waals surface area contributed by atoms with Gasteiger partial charge in [0, 0.05) is 18.0 Å². The van der Waals surface area contributed by atoms with Gasteiger partial charge in [-0.25, -0.2) is 9.78 Å². The fraction of sp³-hybridized carbons (Fsp3) is 0.182. The number of thiazole rings is 1. The number of aryl methyl sites for hydroxylation is 2. The molecule has 4 nitrogen and oxygen atoms in total. The van der Waals surface area contributed by atoms with Crippen molar-refractivity contribution in [2.24, 2.45) is 0 Å². The maximum Gasteiger partial charge on any atom is 0.347 e. The van der Waals surface area contributed by atoms with Crippen molar-refractivity contribution in [2.75, 3.05) is 0 Å². The molecule has 0 saturated heterocycles. The van der Waals surface area contributed by atoms with Gasteiger partial charge in [-0.15, -0.1) is 11.3 Å². The first-order chi connectivity index (χ1) is 7.59. The molecule has 0 unspecified atom stereocenters. The summed E-state index contributed by atoms with van der Waals surface area (Å²) in [6, 6.07) is 1.88. The van der Waals surface area contributed by atoms with Crippen LogP contribution in [-0.4, -0.2) is 21.0 Å². The molecule has 0 atom stereocenters. The van der Waals surface area contributed by atoms with Gasteiger partial charge in [0.2, 0.25) is 0 Å². The molecule has 2 aromatic rings. The summed E-state index contributed by atoms with van der Waals surface area (Å²) in [6.07, 6.45) is 3.41.